The van der Waals surface area contributed by atoms with Crippen LogP contribution >= 0.6 is 0 Å². The van der Waals surface area contributed by atoms with Crippen LogP contribution in [0.1, 0.15) is 52.9 Å². The van der Waals surface area contributed by atoms with Gasteiger partial charge in [-0.3, -0.25) is 4.79 Å². The van der Waals surface area contributed by atoms with Gasteiger partial charge < -0.3 is 19.5 Å². The number of carbonyl (C=O) groups is 1. The van der Waals surface area contributed by atoms with E-state index >= 15 is 0 Å². The molecular formula is C18H33NO4. The van der Waals surface area contributed by atoms with E-state index in [1.54, 1.807) is 0 Å². The maximum absolute atomic E-state index is 12.2. The lowest BCUT2D eigenvalue weighted by atomic mass is 9.81. The van der Waals surface area contributed by atoms with Gasteiger partial charge in [0.15, 0.2) is 0 Å². The van der Waals surface area contributed by atoms with Crippen molar-refractivity contribution in [2.24, 2.45) is 11.8 Å². The van der Waals surface area contributed by atoms with Crippen LogP contribution in [0.2, 0.25) is 0 Å². The fraction of sp³-hybridized carbons (Fsp3) is 0.944. The summed E-state index contributed by atoms with van der Waals surface area (Å²) in [5.74, 6) is 0.793. The molecule has 0 spiro atoms. The summed E-state index contributed by atoms with van der Waals surface area (Å²) in [6.07, 6.45) is 4.48. The highest BCUT2D eigenvalue weighted by atomic mass is 16.5. The Kier molecular flexibility index (Phi) is 7.31. The van der Waals surface area contributed by atoms with E-state index in [2.05, 4.69) is 20.8 Å². The molecule has 1 amide bonds. The van der Waals surface area contributed by atoms with Crippen LogP contribution in [0, 0.1) is 11.8 Å². The van der Waals surface area contributed by atoms with Crippen LogP contribution in [0.3, 0.4) is 0 Å². The third-order valence-electron chi connectivity index (χ3n) is 4.89. The predicted molar refractivity (Wildman–Crippen MR) is 89.2 cm³/mol. The molecule has 0 aromatic rings. The molecular weight excluding hydrogens is 294 g/mol. The van der Waals surface area contributed by atoms with E-state index in [4.69, 9.17) is 9.47 Å². The average Bonchev–Trinajstić information content (AvgIpc) is 2.49. The monoisotopic (exact) mass is 327 g/mol. The maximum Gasteiger partial charge on any atom is 0.225 e. The lowest BCUT2D eigenvalue weighted by Gasteiger charge is -2.38. The highest BCUT2D eigenvalue weighted by molar-refractivity contribution is 5.79. The van der Waals surface area contributed by atoms with Gasteiger partial charge in [0.05, 0.1) is 18.3 Å². The topological polar surface area (TPSA) is 59.0 Å². The van der Waals surface area contributed by atoms with Crippen molar-refractivity contribution in [2.75, 3.05) is 26.3 Å². The zero-order chi connectivity index (χ0) is 16.8. The highest BCUT2D eigenvalue weighted by Crippen LogP contribution is 2.30. The first-order valence-corrected chi connectivity index (χ1v) is 9.15. The van der Waals surface area contributed by atoms with Crippen molar-refractivity contribution < 1.29 is 19.4 Å². The second kappa shape index (κ2) is 9.00. The van der Waals surface area contributed by atoms with Crippen LogP contribution in [-0.2, 0) is 14.3 Å². The Morgan fingerprint density at radius 2 is 1.87 bits per heavy atom. The Balaban J connectivity index is 1.56. The standard InChI is InChI=1S/C18H33NO4/c1-13(2)22-9-6-14(3)12-23-17-4-7-19(8-5-17)18(21)15-10-16(20)11-15/h13-17,20H,4-12H2,1-3H3. The summed E-state index contributed by atoms with van der Waals surface area (Å²) >= 11 is 0. The molecule has 1 heterocycles. The zero-order valence-corrected chi connectivity index (χ0v) is 14.9. The normalized spacial score (nSPS) is 27.1. The second-order valence-corrected chi connectivity index (χ2v) is 7.49. The molecule has 2 aliphatic rings. The van der Waals surface area contributed by atoms with Gasteiger partial charge in [-0.2, -0.15) is 0 Å². The average molecular weight is 327 g/mol. The van der Waals surface area contributed by atoms with Gasteiger partial charge in [-0.1, -0.05) is 6.92 Å². The number of carbonyl (C=O) groups excluding carboxylic acids is 1. The van der Waals surface area contributed by atoms with E-state index in [9.17, 15) is 9.90 Å². The van der Waals surface area contributed by atoms with Gasteiger partial charge >= 0.3 is 0 Å². The molecule has 1 aliphatic heterocycles. The number of piperidine rings is 1. The number of aliphatic hydroxyl groups excluding tert-OH is 1. The highest BCUT2D eigenvalue weighted by Gasteiger charge is 2.36. The van der Waals surface area contributed by atoms with Crippen molar-refractivity contribution in [2.45, 2.75) is 71.2 Å². The predicted octanol–water partition coefficient (Wildman–Crippen LogP) is 2.22. The number of ether oxygens (including phenoxy) is 2. The number of hydrogen-bond acceptors (Lipinski definition) is 4. The van der Waals surface area contributed by atoms with Gasteiger partial charge in [0.2, 0.25) is 5.91 Å². The minimum atomic E-state index is -0.258. The maximum atomic E-state index is 12.2. The quantitative estimate of drug-likeness (QED) is 0.742. The van der Waals surface area contributed by atoms with Crippen LogP contribution in [0.15, 0.2) is 0 Å². The van der Waals surface area contributed by atoms with Crippen LogP contribution in [0.25, 0.3) is 0 Å². The number of rotatable bonds is 8. The number of hydrogen-bond donors (Lipinski definition) is 1. The molecule has 0 bridgehead atoms. The fourth-order valence-electron chi connectivity index (χ4n) is 3.18. The van der Waals surface area contributed by atoms with E-state index in [1.807, 2.05) is 4.90 Å². The molecule has 1 aliphatic carbocycles. The second-order valence-electron chi connectivity index (χ2n) is 7.49. The molecule has 2 rings (SSSR count). The molecule has 1 N–H and O–H groups in total. The Labute approximate surface area is 140 Å². The molecule has 0 radical (unpaired) electrons. The van der Waals surface area contributed by atoms with E-state index in [-0.39, 0.29) is 24.0 Å². The first-order chi connectivity index (χ1) is 11.0. The molecule has 0 aromatic heterocycles. The summed E-state index contributed by atoms with van der Waals surface area (Å²) in [6, 6.07) is 0. The fourth-order valence-corrected chi connectivity index (χ4v) is 3.18. The van der Waals surface area contributed by atoms with Gasteiger partial charge in [-0.25, -0.2) is 0 Å². The molecule has 134 valence electrons. The van der Waals surface area contributed by atoms with Crippen LogP contribution in [0.5, 0.6) is 0 Å². The van der Waals surface area contributed by atoms with E-state index in [0.717, 1.165) is 45.6 Å². The van der Waals surface area contributed by atoms with E-state index in [0.29, 0.717) is 24.9 Å². The van der Waals surface area contributed by atoms with Crippen molar-refractivity contribution in [1.29, 1.82) is 0 Å². The first kappa shape index (κ1) is 18.7. The van der Waals surface area contributed by atoms with Gasteiger partial charge in [0, 0.05) is 32.2 Å². The SMILES string of the molecule is CC(CCOC(C)C)COC1CCN(C(=O)C2CC(O)C2)CC1. The molecule has 0 aromatic carbocycles. The Hall–Kier alpha value is -0.650. The Bertz CT molecular complexity index is 360. The molecule has 1 atom stereocenters. The van der Waals surface area contributed by atoms with Crippen LogP contribution < -0.4 is 0 Å². The van der Waals surface area contributed by atoms with E-state index < -0.39 is 0 Å². The molecule has 2 fully saturated rings. The third kappa shape index (κ3) is 6.05. The smallest absolute Gasteiger partial charge is 0.225 e. The number of nitrogens with zero attached hydrogens (tertiary/aromatic N) is 1. The number of amides is 1. The zero-order valence-electron chi connectivity index (χ0n) is 14.9. The van der Waals surface area contributed by atoms with Crippen LogP contribution in [0.4, 0.5) is 0 Å². The molecule has 23 heavy (non-hydrogen) atoms. The minimum Gasteiger partial charge on any atom is -0.393 e. The minimum absolute atomic E-state index is 0.0587. The van der Waals surface area contributed by atoms with Crippen molar-refractivity contribution >= 4 is 5.91 Å². The molecule has 1 unspecified atom stereocenters. The van der Waals surface area contributed by atoms with Gasteiger partial charge in [0.25, 0.3) is 0 Å². The summed E-state index contributed by atoms with van der Waals surface area (Å²) < 4.78 is 11.6. The summed E-state index contributed by atoms with van der Waals surface area (Å²) in [7, 11) is 0. The summed E-state index contributed by atoms with van der Waals surface area (Å²) in [5.41, 5.74) is 0. The van der Waals surface area contributed by atoms with Crippen LogP contribution in [-0.4, -0.2) is 60.5 Å². The molecule has 5 heteroatoms. The van der Waals surface area contributed by atoms with Crippen molar-refractivity contribution in [1.82, 2.24) is 4.90 Å². The van der Waals surface area contributed by atoms with Gasteiger partial charge in [-0.15, -0.1) is 0 Å². The number of aliphatic hydroxyl groups is 1. The Morgan fingerprint density at radius 1 is 1.22 bits per heavy atom. The van der Waals surface area contributed by atoms with Crippen molar-refractivity contribution in [3.63, 3.8) is 0 Å². The Morgan fingerprint density at radius 3 is 2.43 bits per heavy atom. The largest absolute Gasteiger partial charge is 0.393 e. The lowest BCUT2D eigenvalue weighted by Crippen LogP contribution is -2.47. The lowest BCUT2D eigenvalue weighted by molar-refractivity contribution is -0.145. The summed E-state index contributed by atoms with van der Waals surface area (Å²) in [5, 5.41) is 9.32. The summed E-state index contributed by atoms with van der Waals surface area (Å²) in [4.78, 5) is 14.2. The van der Waals surface area contributed by atoms with Crippen molar-refractivity contribution in [3.8, 4) is 0 Å². The molecule has 1 saturated heterocycles. The summed E-state index contributed by atoms with van der Waals surface area (Å²) in [6.45, 7) is 9.46. The van der Waals surface area contributed by atoms with E-state index in [1.165, 1.54) is 0 Å². The molecule has 5 nitrogen and oxygen atoms in total. The van der Waals surface area contributed by atoms with Gasteiger partial charge in [0.1, 0.15) is 0 Å². The van der Waals surface area contributed by atoms with Crippen molar-refractivity contribution in [3.05, 3.63) is 0 Å². The number of likely N-dealkylation sites (tertiary alicyclic amines) is 1. The van der Waals surface area contributed by atoms with Gasteiger partial charge in [-0.05, 0) is 51.9 Å². The molecule has 1 saturated carbocycles. The first-order valence-electron chi connectivity index (χ1n) is 9.15. The third-order valence-corrected chi connectivity index (χ3v) is 4.89.